The molecule has 1 rings (SSSR count). The lowest BCUT2D eigenvalue weighted by Crippen LogP contribution is -2.42. The number of carbonyl (C=O) groups is 1. The van der Waals surface area contributed by atoms with Crippen LogP contribution in [0.5, 0.6) is 0 Å². The van der Waals surface area contributed by atoms with E-state index in [9.17, 15) is 4.79 Å². The fraction of sp³-hybridized carbons (Fsp3) is 0.923. The molecule has 1 aliphatic carbocycles. The Morgan fingerprint density at radius 1 is 1.53 bits per heavy atom. The summed E-state index contributed by atoms with van der Waals surface area (Å²) < 4.78 is 5.39. The summed E-state index contributed by atoms with van der Waals surface area (Å²) in [5.41, 5.74) is 5.90. The minimum atomic E-state index is 0.0881. The van der Waals surface area contributed by atoms with E-state index in [0.717, 1.165) is 19.3 Å². The fourth-order valence-electron chi connectivity index (χ4n) is 2.55. The van der Waals surface area contributed by atoms with E-state index in [1.165, 1.54) is 0 Å². The summed E-state index contributed by atoms with van der Waals surface area (Å²) in [7, 11) is 0. The summed E-state index contributed by atoms with van der Waals surface area (Å²) in [6, 6.07) is 0.274. The summed E-state index contributed by atoms with van der Waals surface area (Å²) in [6.07, 6.45) is 2.92. The molecule has 0 aromatic carbocycles. The second-order valence-corrected chi connectivity index (χ2v) is 5.17. The maximum absolute atomic E-state index is 12.0. The molecule has 4 unspecified atom stereocenters. The quantitative estimate of drug-likeness (QED) is 0.763. The maximum Gasteiger partial charge on any atom is 0.223 e. The Bertz CT molecular complexity index is 246. The van der Waals surface area contributed by atoms with Crippen molar-refractivity contribution in [3.05, 3.63) is 0 Å². The highest BCUT2D eigenvalue weighted by Crippen LogP contribution is 2.29. The first-order valence-corrected chi connectivity index (χ1v) is 6.69. The van der Waals surface area contributed by atoms with Gasteiger partial charge in [-0.3, -0.25) is 4.79 Å². The average Bonchev–Trinajstić information content (AvgIpc) is 2.26. The monoisotopic (exact) mass is 242 g/mol. The van der Waals surface area contributed by atoms with E-state index in [4.69, 9.17) is 10.5 Å². The maximum atomic E-state index is 12.0. The minimum Gasteiger partial charge on any atom is -0.377 e. The summed E-state index contributed by atoms with van der Waals surface area (Å²) in [5, 5.41) is 2.98. The van der Waals surface area contributed by atoms with Gasteiger partial charge in [0.1, 0.15) is 0 Å². The van der Waals surface area contributed by atoms with Gasteiger partial charge in [-0.1, -0.05) is 6.92 Å². The molecule has 0 spiro atoms. The van der Waals surface area contributed by atoms with Crippen LogP contribution < -0.4 is 11.1 Å². The predicted molar refractivity (Wildman–Crippen MR) is 68.6 cm³/mol. The summed E-state index contributed by atoms with van der Waals surface area (Å²) >= 11 is 0. The third-order valence-corrected chi connectivity index (χ3v) is 3.56. The SMILES string of the molecule is CCOC(C)CNC(=O)C1CCC(N)CC1C. The van der Waals surface area contributed by atoms with Crippen molar-refractivity contribution in [2.75, 3.05) is 13.2 Å². The van der Waals surface area contributed by atoms with Crippen molar-refractivity contribution < 1.29 is 9.53 Å². The molecule has 0 saturated heterocycles. The zero-order valence-corrected chi connectivity index (χ0v) is 11.2. The van der Waals surface area contributed by atoms with E-state index >= 15 is 0 Å². The molecule has 4 atom stereocenters. The van der Waals surface area contributed by atoms with E-state index in [1.807, 2.05) is 13.8 Å². The third kappa shape index (κ3) is 4.64. The van der Waals surface area contributed by atoms with Gasteiger partial charge in [0, 0.05) is 25.1 Å². The first kappa shape index (κ1) is 14.5. The minimum absolute atomic E-state index is 0.0881. The number of amides is 1. The molecule has 0 bridgehead atoms. The molecule has 0 aromatic heterocycles. The van der Waals surface area contributed by atoms with Gasteiger partial charge >= 0.3 is 0 Å². The van der Waals surface area contributed by atoms with E-state index < -0.39 is 0 Å². The highest BCUT2D eigenvalue weighted by molar-refractivity contribution is 5.79. The highest BCUT2D eigenvalue weighted by Gasteiger charge is 2.30. The molecule has 1 fully saturated rings. The van der Waals surface area contributed by atoms with Gasteiger partial charge in [0.05, 0.1) is 6.10 Å². The Labute approximate surface area is 104 Å². The highest BCUT2D eigenvalue weighted by atomic mass is 16.5. The van der Waals surface area contributed by atoms with Crippen molar-refractivity contribution >= 4 is 5.91 Å². The number of nitrogens with one attached hydrogen (secondary N) is 1. The van der Waals surface area contributed by atoms with Gasteiger partial charge in [0.15, 0.2) is 0 Å². The summed E-state index contributed by atoms with van der Waals surface area (Å²) in [5.74, 6) is 0.681. The first-order chi connectivity index (χ1) is 8.04. The van der Waals surface area contributed by atoms with Crippen LogP contribution in [0, 0.1) is 11.8 Å². The van der Waals surface area contributed by atoms with Crippen molar-refractivity contribution in [3.8, 4) is 0 Å². The smallest absolute Gasteiger partial charge is 0.223 e. The van der Waals surface area contributed by atoms with Crippen molar-refractivity contribution in [2.45, 2.75) is 52.2 Å². The van der Waals surface area contributed by atoms with Crippen LogP contribution in [-0.4, -0.2) is 31.2 Å². The van der Waals surface area contributed by atoms with Crippen LogP contribution >= 0.6 is 0 Å². The van der Waals surface area contributed by atoms with Crippen LogP contribution in [0.4, 0.5) is 0 Å². The first-order valence-electron chi connectivity index (χ1n) is 6.69. The van der Waals surface area contributed by atoms with E-state index in [1.54, 1.807) is 0 Å². The Morgan fingerprint density at radius 2 is 2.24 bits per heavy atom. The number of carbonyl (C=O) groups excluding carboxylic acids is 1. The van der Waals surface area contributed by atoms with Gasteiger partial charge in [0.25, 0.3) is 0 Å². The van der Waals surface area contributed by atoms with Crippen LogP contribution in [0.2, 0.25) is 0 Å². The second kappa shape index (κ2) is 6.97. The van der Waals surface area contributed by atoms with E-state index in [2.05, 4.69) is 12.2 Å². The summed E-state index contributed by atoms with van der Waals surface area (Å²) in [4.78, 5) is 12.0. The molecule has 0 radical (unpaired) electrons. The standard InChI is InChI=1S/C13H26N2O2/c1-4-17-10(3)8-15-13(16)12-6-5-11(14)7-9(12)2/h9-12H,4-8,14H2,1-3H3,(H,15,16). The van der Waals surface area contributed by atoms with Gasteiger partial charge in [-0.25, -0.2) is 0 Å². The fourth-order valence-corrected chi connectivity index (χ4v) is 2.55. The van der Waals surface area contributed by atoms with Crippen LogP contribution in [-0.2, 0) is 9.53 Å². The molecule has 4 nitrogen and oxygen atoms in total. The number of ether oxygens (including phenoxy) is 1. The van der Waals surface area contributed by atoms with E-state index in [-0.39, 0.29) is 24.0 Å². The lowest BCUT2D eigenvalue weighted by Gasteiger charge is -2.31. The Morgan fingerprint density at radius 3 is 2.82 bits per heavy atom. The van der Waals surface area contributed by atoms with Crippen LogP contribution in [0.1, 0.15) is 40.0 Å². The zero-order valence-electron chi connectivity index (χ0n) is 11.2. The molecule has 0 heterocycles. The molecule has 100 valence electrons. The molecule has 1 aliphatic rings. The molecule has 1 amide bonds. The molecular formula is C13H26N2O2. The molecule has 0 aromatic rings. The van der Waals surface area contributed by atoms with Crippen molar-refractivity contribution in [1.82, 2.24) is 5.32 Å². The molecule has 4 heteroatoms. The molecule has 3 N–H and O–H groups in total. The van der Waals surface area contributed by atoms with Gasteiger partial charge in [-0.2, -0.15) is 0 Å². The second-order valence-electron chi connectivity index (χ2n) is 5.17. The van der Waals surface area contributed by atoms with Gasteiger partial charge in [-0.05, 0) is 39.0 Å². The van der Waals surface area contributed by atoms with Gasteiger partial charge in [0.2, 0.25) is 5.91 Å². The predicted octanol–water partition coefficient (Wildman–Crippen LogP) is 1.29. The molecule has 1 saturated carbocycles. The Kier molecular flexibility index (Phi) is 5.92. The lowest BCUT2D eigenvalue weighted by molar-refractivity contribution is -0.128. The van der Waals surface area contributed by atoms with Crippen molar-refractivity contribution in [2.24, 2.45) is 17.6 Å². The van der Waals surface area contributed by atoms with Crippen molar-refractivity contribution in [1.29, 1.82) is 0 Å². The Hall–Kier alpha value is -0.610. The topological polar surface area (TPSA) is 64.3 Å². The van der Waals surface area contributed by atoms with Crippen LogP contribution in [0.25, 0.3) is 0 Å². The number of nitrogens with two attached hydrogens (primary N) is 1. The third-order valence-electron chi connectivity index (χ3n) is 3.56. The molecule has 0 aliphatic heterocycles. The van der Waals surface area contributed by atoms with Gasteiger partial charge < -0.3 is 15.8 Å². The van der Waals surface area contributed by atoms with E-state index in [0.29, 0.717) is 19.1 Å². The molecule has 17 heavy (non-hydrogen) atoms. The van der Waals surface area contributed by atoms with Crippen LogP contribution in [0.15, 0.2) is 0 Å². The summed E-state index contributed by atoms with van der Waals surface area (Å²) in [6.45, 7) is 7.34. The average molecular weight is 242 g/mol. The number of hydrogen-bond donors (Lipinski definition) is 2. The van der Waals surface area contributed by atoms with Gasteiger partial charge in [-0.15, -0.1) is 0 Å². The van der Waals surface area contributed by atoms with Crippen molar-refractivity contribution in [3.63, 3.8) is 0 Å². The zero-order chi connectivity index (χ0) is 12.8. The lowest BCUT2D eigenvalue weighted by atomic mass is 9.78. The number of rotatable bonds is 5. The van der Waals surface area contributed by atoms with Crippen LogP contribution in [0.3, 0.4) is 0 Å². The number of hydrogen-bond acceptors (Lipinski definition) is 3. The molecular weight excluding hydrogens is 216 g/mol. The Balaban J connectivity index is 2.32. The largest absolute Gasteiger partial charge is 0.377 e. The normalized spacial score (nSPS) is 30.9.